The third-order valence-electron chi connectivity index (χ3n) is 8.12. The van der Waals surface area contributed by atoms with Crippen LogP contribution in [-0.2, 0) is 18.4 Å². The number of nitrogens with zero attached hydrogens (tertiary/aromatic N) is 3. The van der Waals surface area contributed by atoms with Crippen LogP contribution < -0.4 is 0 Å². The van der Waals surface area contributed by atoms with E-state index in [9.17, 15) is 0 Å². The predicted octanol–water partition coefficient (Wildman–Crippen LogP) is 7.21. The molecule has 2 aromatic heterocycles. The molecular weight excluding hydrogens is 464 g/mol. The zero-order chi connectivity index (χ0) is 27.0. The van der Waals surface area contributed by atoms with Crippen LogP contribution in [-0.4, -0.2) is 60.6 Å². The normalized spacial score (nSPS) is 19.4. The molecule has 0 amide bonds. The molecule has 2 atom stereocenters. The summed E-state index contributed by atoms with van der Waals surface area (Å²) >= 11 is 0. The predicted molar refractivity (Wildman–Crippen MR) is 164 cm³/mol. The van der Waals surface area contributed by atoms with E-state index < -0.39 is 0 Å². The number of hydrogen-bond donors (Lipinski definition) is 1. The molecule has 0 aliphatic carbocycles. The maximum atomic E-state index is 3.74. The largest absolute Gasteiger partial charge is 0.355 e. The Morgan fingerprint density at radius 1 is 0.921 bits per heavy atom. The summed E-state index contributed by atoms with van der Waals surface area (Å²) in [6.07, 6.45) is 10.5. The van der Waals surface area contributed by atoms with Crippen molar-refractivity contribution in [2.24, 2.45) is 0 Å². The number of aromatic amines is 1. The smallest absolute Gasteiger partial charge is 0.0616 e. The second-order valence-corrected chi connectivity index (χ2v) is 12.1. The van der Waals surface area contributed by atoms with Crippen LogP contribution in [0.25, 0.3) is 27.9 Å². The van der Waals surface area contributed by atoms with E-state index in [4.69, 9.17) is 0 Å². The summed E-state index contributed by atoms with van der Waals surface area (Å²) in [5, 5.41) is 2.75. The monoisotopic (exact) mass is 508 g/mol. The van der Waals surface area contributed by atoms with Gasteiger partial charge in [0.25, 0.3) is 0 Å². The van der Waals surface area contributed by atoms with Gasteiger partial charge >= 0.3 is 0 Å². The lowest BCUT2D eigenvalue weighted by atomic mass is 9.88. The molecular formula is C34H44N4. The molecule has 5 rings (SSSR count). The van der Waals surface area contributed by atoms with Crippen LogP contribution in [0.3, 0.4) is 0 Å². The Morgan fingerprint density at radius 2 is 1.55 bits per heavy atom. The first-order chi connectivity index (χ1) is 18.2. The zero-order valence-corrected chi connectivity index (χ0v) is 24.3. The molecule has 0 unspecified atom stereocenters. The second kappa shape index (κ2) is 10.6. The highest BCUT2D eigenvalue weighted by Gasteiger charge is 2.41. The quantitative estimate of drug-likeness (QED) is 0.242. The molecule has 0 radical (unpaired) electrons. The fourth-order valence-corrected chi connectivity index (χ4v) is 6.41. The Labute approximate surface area is 228 Å². The van der Waals surface area contributed by atoms with Crippen LogP contribution in [0.2, 0.25) is 0 Å². The highest BCUT2D eigenvalue weighted by atomic mass is 15.1. The average Bonchev–Trinajstić information content (AvgIpc) is 3.48. The van der Waals surface area contributed by atoms with Crippen LogP contribution in [0, 0.1) is 0 Å². The minimum Gasteiger partial charge on any atom is -0.355 e. The van der Waals surface area contributed by atoms with Crippen LogP contribution in [0.15, 0.2) is 66.3 Å². The third kappa shape index (κ3) is 5.00. The van der Waals surface area contributed by atoms with Crippen molar-refractivity contribution in [3.8, 4) is 0 Å². The van der Waals surface area contributed by atoms with Crippen LogP contribution in [0.5, 0.6) is 0 Å². The summed E-state index contributed by atoms with van der Waals surface area (Å²) in [4.78, 5) is 8.31. The minimum atomic E-state index is -0.113. The number of H-pyrrole nitrogens is 1. The molecule has 1 aliphatic heterocycles. The van der Waals surface area contributed by atoms with Gasteiger partial charge in [-0.2, -0.15) is 0 Å². The summed E-state index contributed by atoms with van der Waals surface area (Å²) in [5.41, 5.74) is 9.54. The summed E-state index contributed by atoms with van der Waals surface area (Å²) in [7, 11) is 8.65. The molecule has 0 bridgehead atoms. The standard InChI is InChI=1S/C34H44N4/c1-24(2)22-25-23-34(3,38-32-15-11-9-13-28(32)29(33(25)38)18-21-37(6)7)19-16-31-27(17-20-36(4)5)26-12-8-10-14-30(26)35-31/h8-16,19,22,25,35H,17-18,20-21,23H2,1-7H3/b19-16+/t25-,34+/m0/s1. The molecule has 200 valence electrons. The van der Waals surface area contributed by atoms with Crippen molar-refractivity contribution in [3.63, 3.8) is 0 Å². The van der Waals surface area contributed by atoms with Crippen molar-refractivity contribution in [2.75, 3.05) is 41.3 Å². The van der Waals surface area contributed by atoms with E-state index in [0.29, 0.717) is 5.92 Å². The first-order valence-electron chi connectivity index (χ1n) is 14.0. The molecule has 4 aromatic rings. The lowest BCUT2D eigenvalue weighted by Crippen LogP contribution is -2.23. The average molecular weight is 509 g/mol. The van der Waals surface area contributed by atoms with Gasteiger partial charge in [-0.05, 0) is 97.6 Å². The van der Waals surface area contributed by atoms with Crippen LogP contribution in [0.1, 0.15) is 55.6 Å². The number of rotatable bonds is 9. The Morgan fingerprint density at radius 3 is 2.24 bits per heavy atom. The van der Waals surface area contributed by atoms with Gasteiger partial charge in [0.05, 0.1) is 5.54 Å². The molecule has 0 saturated carbocycles. The summed E-state index contributed by atoms with van der Waals surface area (Å²) in [6, 6.07) is 17.8. The lowest BCUT2D eigenvalue weighted by molar-refractivity contribution is 0.413. The fraction of sp³-hybridized carbons (Fsp3) is 0.412. The molecule has 38 heavy (non-hydrogen) atoms. The Balaban J connectivity index is 1.64. The van der Waals surface area contributed by atoms with E-state index in [2.05, 4.69) is 135 Å². The van der Waals surface area contributed by atoms with E-state index in [1.807, 2.05) is 0 Å². The van der Waals surface area contributed by atoms with E-state index in [1.54, 1.807) is 0 Å². The van der Waals surface area contributed by atoms with Crippen molar-refractivity contribution in [1.29, 1.82) is 0 Å². The van der Waals surface area contributed by atoms with Gasteiger partial charge in [-0.15, -0.1) is 0 Å². The van der Waals surface area contributed by atoms with Crippen molar-refractivity contribution in [2.45, 2.75) is 51.5 Å². The van der Waals surface area contributed by atoms with Gasteiger partial charge in [0.15, 0.2) is 0 Å². The molecule has 3 heterocycles. The van der Waals surface area contributed by atoms with E-state index in [1.165, 1.54) is 49.9 Å². The van der Waals surface area contributed by atoms with Crippen LogP contribution >= 0.6 is 0 Å². The number of benzene rings is 2. The van der Waals surface area contributed by atoms with Gasteiger partial charge in [0.1, 0.15) is 0 Å². The molecule has 4 nitrogen and oxygen atoms in total. The maximum Gasteiger partial charge on any atom is 0.0616 e. The first kappa shape index (κ1) is 26.5. The highest BCUT2D eigenvalue weighted by molar-refractivity contribution is 5.88. The van der Waals surface area contributed by atoms with Crippen LogP contribution in [0.4, 0.5) is 0 Å². The van der Waals surface area contributed by atoms with E-state index in [-0.39, 0.29) is 5.54 Å². The molecule has 0 spiro atoms. The molecule has 0 fully saturated rings. The maximum absolute atomic E-state index is 3.74. The number of para-hydroxylation sites is 2. The van der Waals surface area contributed by atoms with Crippen molar-refractivity contribution < 1.29 is 0 Å². The number of aromatic nitrogens is 2. The number of likely N-dealkylation sites (N-methyl/N-ethyl adjacent to an activating group) is 2. The zero-order valence-electron chi connectivity index (χ0n) is 24.3. The Bertz CT molecular complexity index is 1490. The molecule has 1 N–H and O–H groups in total. The topological polar surface area (TPSA) is 27.2 Å². The van der Waals surface area contributed by atoms with Crippen molar-refractivity contribution in [1.82, 2.24) is 19.4 Å². The van der Waals surface area contributed by atoms with Gasteiger partial charge in [0, 0.05) is 52.2 Å². The number of allylic oxidation sites excluding steroid dienone is 3. The Hall–Kier alpha value is -3.08. The van der Waals surface area contributed by atoms with E-state index >= 15 is 0 Å². The lowest BCUT2D eigenvalue weighted by Gasteiger charge is -2.25. The highest BCUT2D eigenvalue weighted by Crippen LogP contribution is 2.49. The summed E-state index contributed by atoms with van der Waals surface area (Å²) < 4.78 is 2.66. The molecule has 0 saturated heterocycles. The van der Waals surface area contributed by atoms with E-state index in [0.717, 1.165) is 32.4 Å². The van der Waals surface area contributed by atoms with Crippen molar-refractivity contribution >= 4 is 27.9 Å². The van der Waals surface area contributed by atoms with Gasteiger partial charge in [-0.25, -0.2) is 0 Å². The van der Waals surface area contributed by atoms with Crippen molar-refractivity contribution in [3.05, 3.63) is 88.8 Å². The summed E-state index contributed by atoms with van der Waals surface area (Å²) in [6.45, 7) is 8.98. The SMILES string of the molecule is CC(C)=C[C@H]1C[C@@](C)(/C=C/c2[nH]c3ccccc3c2CCN(C)C)n2c1c(CCN(C)C)c1ccccc12. The Kier molecular flexibility index (Phi) is 7.39. The van der Waals surface area contributed by atoms with Gasteiger partial charge < -0.3 is 19.4 Å². The fourth-order valence-electron chi connectivity index (χ4n) is 6.41. The third-order valence-corrected chi connectivity index (χ3v) is 8.12. The molecule has 1 aliphatic rings. The number of fused-ring (bicyclic) bond motifs is 4. The second-order valence-electron chi connectivity index (χ2n) is 12.1. The first-order valence-corrected chi connectivity index (χ1v) is 14.0. The van der Waals surface area contributed by atoms with Gasteiger partial charge in [-0.1, -0.05) is 54.1 Å². The molecule has 4 heteroatoms. The summed E-state index contributed by atoms with van der Waals surface area (Å²) in [5.74, 6) is 0.412. The number of nitrogens with one attached hydrogen (secondary N) is 1. The van der Waals surface area contributed by atoms with Gasteiger partial charge in [0.2, 0.25) is 0 Å². The van der Waals surface area contributed by atoms with Gasteiger partial charge in [-0.3, -0.25) is 0 Å². The number of hydrogen-bond acceptors (Lipinski definition) is 2. The minimum absolute atomic E-state index is 0.113. The molecule has 2 aromatic carbocycles.